The third-order valence-corrected chi connectivity index (χ3v) is 11.5. The fourth-order valence-electron chi connectivity index (χ4n) is 8.85. The fourth-order valence-corrected chi connectivity index (χ4v) is 8.85. The SMILES string of the molecule is CC1(C)c2ccccc2-c2ccc(N(c3ccc(-c4ccc5c(c4)C4C=CC=CC4N5c4ccccc4)cc3)c3cccc(-c4cccnc4)c3)cc21. The molecule has 3 heteroatoms. The molecule has 0 radical (unpaired) electrons. The van der Waals surface area contributed by atoms with E-state index >= 15 is 0 Å². The number of anilines is 5. The Morgan fingerprint density at radius 1 is 0.547 bits per heavy atom. The van der Waals surface area contributed by atoms with Crippen LogP contribution in [0, 0.1) is 0 Å². The van der Waals surface area contributed by atoms with Crippen LogP contribution in [0.1, 0.15) is 36.5 Å². The number of hydrogen-bond donors (Lipinski definition) is 0. The van der Waals surface area contributed by atoms with Gasteiger partial charge in [0.25, 0.3) is 0 Å². The fraction of sp³-hybridized carbons (Fsp3) is 0.100. The highest BCUT2D eigenvalue weighted by molar-refractivity contribution is 5.87. The van der Waals surface area contributed by atoms with Crippen LogP contribution in [-0.4, -0.2) is 11.0 Å². The van der Waals surface area contributed by atoms with Gasteiger partial charge in [0.2, 0.25) is 0 Å². The lowest BCUT2D eigenvalue weighted by atomic mass is 9.82. The minimum absolute atomic E-state index is 0.0962. The molecule has 0 saturated carbocycles. The van der Waals surface area contributed by atoms with Gasteiger partial charge < -0.3 is 9.80 Å². The molecule has 0 saturated heterocycles. The first kappa shape index (κ1) is 31.3. The third kappa shape index (κ3) is 5.15. The molecule has 2 heterocycles. The van der Waals surface area contributed by atoms with Crippen molar-refractivity contribution >= 4 is 28.4 Å². The van der Waals surface area contributed by atoms with Crippen molar-refractivity contribution < 1.29 is 0 Å². The molecule has 7 aromatic rings. The van der Waals surface area contributed by atoms with Gasteiger partial charge in [-0.05, 0) is 111 Å². The monoisotopic (exact) mass is 681 g/mol. The number of pyridine rings is 1. The topological polar surface area (TPSA) is 19.4 Å². The molecular formula is C50H39N3. The van der Waals surface area contributed by atoms with Gasteiger partial charge in [0.15, 0.2) is 0 Å². The van der Waals surface area contributed by atoms with Gasteiger partial charge in [0, 0.05) is 57.7 Å². The minimum atomic E-state index is -0.0962. The van der Waals surface area contributed by atoms with Crippen molar-refractivity contribution in [2.75, 3.05) is 9.80 Å². The Balaban J connectivity index is 1.06. The Hall–Kier alpha value is -6.45. The van der Waals surface area contributed by atoms with Gasteiger partial charge in [-0.15, -0.1) is 0 Å². The first-order valence-electron chi connectivity index (χ1n) is 18.5. The van der Waals surface area contributed by atoms with Crippen LogP contribution in [-0.2, 0) is 5.41 Å². The van der Waals surface area contributed by atoms with Gasteiger partial charge in [-0.25, -0.2) is 0 Å². The predicted octanol–water partition coefficient (Wildman–Crippen LogP) is 12.9. The molecule has 53 heavy (non-hydrogen) atoms. The zero-order valence-corrected chi connectivity index (χ0v) is 29.9. The lowest BCUT2D eigenvalue weighted by molar-refractivity contribution is 0.660. The Kier molecular flexibility index (Phi) is 7.29. The Labute approximate surface area is 311 Å². The molecule has 0 spiro atoms. The van der Waals surface area contributed by atoms with Crippen LogP contribution in [0.2, 0.25) is 0 Å². The maximum absolute atomic E-state index is 4.41. The van der Waals surface area contributed by atoms with Gasteiger partial charge in [-0.1, -0.05) is 123 Å². The maximum atomic E-state index is 4.41. The van der Waals surface area contributed by atoms with Crippen LogP contribution in [0.25, 0.3) is 33.4 Å². The smallest absolute Gasteiger partial charge is 0.0629 e. The molecule has 3 nitrogen and oxygen atoms in total. The zero-order chi connectivity index (χ0) is 35.5. The third-order valence-electron chi connectivity index (χ3n) is 11.5. The van der Waals surface area contributed by atoms with Crippen molar-refractivity contribution in [1.29, 1.82) is 0 Å². The highest BCUT2D eigenvalue weighted by atomic mass is 15.2. The second kappa shape index (κ2) is 12.4. The van der Waals surface area contributed by atoms with Gasteiger partial charge in [0.05, 0.1) is 6.04 Å². The quantitative estimate of drug-likeness (QED) is 0.174. The molecule has 2 unspecified atom stereocenters. The summed E-state index contributed by atoms with van der Waals surface area (Å²) in [6.07, 6.45) is 12.8. The lowest BCUT2D eigenvalue weighted by Gasteiger charge is -2.28. The molecule has 10 rings (SSSR count). The number of fused-ring (bicyclic) bond motifs is 6. The number of aromatic nitrogens is 1. The molecule has 0 N–H and O–H groups in total. The summed E-state index contributed by atoms with van der Waals surface area (Å²) < 4.78 is 0. The van der Waals surface area contributed by atoms with Gasteiger partial charge >= 0.3 is 0 Å². The highest BCUT2D eigenvalue weighted by Gasteiger charge is 2.38. The Bertz CT molecular complexity index is 2550. The van der Waals surface area contributed by atoms with Crippen LogP contribution < -0.4 is 9.80 Å². The summed E-state index contributed by atoms with van der Waals surface area (Å²) >= 11 is 0. The molecule has 2 atom stereocenters. The van der Waals surface area contributed by atoms with Crippen molar-refractivity contribution in [2.24, 2.45) is 0 Å². The second-order valence-corrected chi connectivity index (χ2v) is 14.8. The molecule has 1 aliphatic heterocycles. The first-order chi connectivity index (χ1) is 26.0. The largest absolute Gasteiger partial charge is 0.333 e. The van der Waals surface area contributed by atoms with Crippen LogP contribution >= 0.6 is 0 Å². The number of hydrogen-bond acceptors (Lipinski definition) is 3. The summed E-state index contributed by atoms with van der Waals surface area (Å²) in [5, 5.41) is 0. The van der Waals surface area contributed by atoms with Crippen molar-refractivity contribution in [3.63, 3.8) is 0 Å². The zero-order valence-electron chi connectivity index (χ0n) is 29.9. The molecule has 1 aromatic heterocycles. The normalized spacial score (nSPS) is 17.2. The van der Waals surface area contributed by atoms with E-state index in [4.69, 9.17) is 0 Å². The molecule has 254 valence electrons. The molecule has 6 aromatic carbocycles. The number of rotatable bonds is 6. The summed E-state index contributed by atoms with van der Waals surface area (Å²) in [7, 11) is 0. The Morgan fingerprint density at radius 2 is 1.26 bits per heavy atom. The van der Waals surface area contributed by atoms with Gasteiger partial charge in [0.1, 0.15) is 0 Å². The molecule has 3 aliphatic rings. The van der Waals surface area contributed by atoms with E-state index in [1.807, 2.05) is 18.5 Å². The molecule has 0 amide bonds. The van der Waals surface area contributed by atoms with E-state index in [2.05, 4.69) is 199 Å². The van der Waals surface area contributed by atoms with E-state index in [9.17, 15) is 0 Å². The number of allylic oxidation sites excluding steroid dienone is 2. The summed E-state index contributed by atoms with van der Waals surface area (Å²) in [5.41, 5.74) is 17.2. The van der Waals surface area contributed by atoms with E-state index in [0.717, 1.165) is 28.2 Å². The predicted molar refractivity (Wildman–Crippen MR) is 221 cm³/mol. The summed E-state index contributed by atoms with van der Waals surface area (Å²) in [5.74, 6) is 0.312. The van der Waals surface area contributed by atoms with Crippen LogP contribution in [0.4, 0.5) is 28.4 Å². The van der Waals surface area contributed by atoms with Crippen molar-refractivity contribution in [3.8, 4) is 33.4 Å². The van der Waals surface area contributed by atoms with E-state index in [-0.39, 0.29) is 11.5 Å². The average Bonchev–Trinajstić information content (AvgIpc) is 3.67. The van der Waals surface area contributed by atoms with E-state index in [1.165, 1.54) is 50.3 Å². The maximum Gasteiger partial charge on any atom is 0.0629 e. The standard InChI is InChI=1S/C50H39N3/c1-50(2)46-19-8-6-17-42(46)43-27-26-41(32-47(43)50)52(40-16-10-12-35(30-40)37-13-11-29-51-33-37)39-24-21-34(22-25-39)36-23-28-49-45(31-36)44-18-7-9-20-48(44)53(49)38-14-4-3-5-15-38/h3-33,44,48H,1-2H3. The molecule has 0 bridgehead atoms. The van der Waals surface area contributed by atoms with Crippen LogP contribution in [0.3, 0.4) is 0 Å². The molecule has 0 fully saturated rings. The van der Waals surface area contributed by atoms with Crippen molar-refractivity contribution in [1.82, 2.24) is 4.98 Å². The minimum Gasteiger partial charge on any atom is -0.333 e. The summed E-state index contributed by atoms with van der Waals surface area (Å²) in [6, 6.07) is 55.9. The number of benzene rings is 6. The van der Waals surface area contributed by atoms with Crippen molar-refractivity contribution in [3.05, 3.63) is 205 Å². The van der Waals surface area contributed by atoms with Gasteiger partial charge in [-0.3, -0.25) is 4.98 Å². The number of para-hydroxylation sites is 1. The van der Waals surface area contributed by atoms with E-state index in [1.54, 1.807) is 0 Å². The van der Waals surface area contributed by atoms with Crippen molar-refractivity contribution in [2.45, 2.75) is 31.2 Å². The molecule has 2 aliphatic carbocycles. The van der Waals surface area contributed by atoms with E-state index < -0.39 is 0 Å². The van der Waals surface area contributed by atoms with E-state index in [0.29, 0.717) is 5.92 Å². The Morgan fingerprint density at radius 3 is 2.11 bits per heavy atom. The van der Waals surface area contributed by atoms with Crippen LogP contribution in [0.15, 0.2) is 188 Å². The molecular weight excluding hydrogens is 643 g/mol. The first-order valence-corrected chi connectivity index (χ1v) is 18.5. The number of nitrogens with zero attached hydrogens (tertiary/aromatic N) is 3. The average molecular weight is 682 g/mol. The summed E-state index contributed by atoms with van der Waals surface area (Å²) in [4.78, 5) is 9.29. The summed E-state index contributed by atoms with van der Waals surface area (Å²) in [6.45, 7) is 4.70. The highest BCUT2D eigenvalue weighted by Crippen LogP contribution is 2.51. The van der Waals surface area contributed by atoms with Gasteiger partial charge in [-0.2, -0.15) is 0 Å². The second-order valence-electron chi connectivity index (χ2n) is 14.8. The van der Waals surface area contributed by atoms with Crippen LogP contribution in [0.5, 0.6) is 0 Å². The lowest BCUT2D eigenvalue weighted by Crippen LogP contribution is -2.28.